The third-order valence-electron chi connectivity index (χ3n) is 4.14. The largest absolute Gasteiger partial charge is 0.338 e. The molecule has 1 aliphatic heterocycles. The Morgan fingerprint density at radius 1 is 1.17 bits per heavy atom. The van der Waals surface area contributed by atoms with Crippen LogP contribution in [0, 0.1) is 6.92 Å². The first-order valence-corrected chi connectivity index (χ1v) is 7.70. The van der Waals surface area contributed by atoms with Gasteiger partial charge in [-0.15, -0.1) is 0 Å². The van der Waals surface area contributed by atoms with Crippen molar-refractivity contribution in [2.24, 2.45) is 5.73 Å². The summed E-state index contributed by atoms with van der Waals surface area (Å²) in [5.74, 6) is -4.33. The Kier molecular flexibility index (Phi) is 5.82. The van der Waals surface area contributed by atoms with Crippen molar-refractivity contribution < 1.29 is 22.4 Å². The maximum absolute atomic E-state index is 13.1. The molecule has 0 radical (unpaired) electrons. The van der Waals surface area contributed by atoms with Crippen molar-refractivity contribution in [2.75, 3.05) is 32.7 Å². The van der Waals surface area contributed by atoms with Gasteiger partial charge in [0.25, 0.3) is 0 Å². The zero-order chi connectivity index (χ0) is 17.9. The van der Waals surface area contributed by atoms with Gasteiger partial charge >= 0.3 is 12.3 Å². The summed E-state index contributed by atoms with van der Waals surface area (Å²) in [6.45, 7) is 1.54. The zero-order valence-corrected chi connectivity index (χ0v) is 13.4. The van der Waals surface area contributed by atoms with Crippen LogP contribution in [0.15, 0.2) is 24.3 Å². The summed E-state index contributed by atoms with van der Waals surface area (Å²) >= 11 is 0. The number of rotatable bonds is 5. The summed E-state index contributed by atoms with van der Waals surface area (Å²) in [6, 6.07) is 6.44. The molecule has 0 spiro atoms. The van der Waals surface area contributed by atoms with Gasteiger partial charge in [-0.25, -0.2) is 8.78 Å². The van der Waals surface area contributed by atoms with E-state index in [9.17, 15) is 22.4 Å². The molecule has 0 saturated carbocycles. The van der Waals surface area contributed by atoms with E-state index in [1.54, 1.807) is 12.1 Å². The van der Waals surface area contributed by atoms with E-state index >= 15 is 0 Å². The lowest BCUT2D eigenvalue weighted by molar-refractivity contribution is -0.148. The molecule has 134 valence electrons. The van der Waals surface area contributed by atoms with Crippen LogP contribution in [0.2, 0.25) is 0 Å². The highest BCUT2D eigenvalue weighted by Crippen LogP contribution is 2.24. The molecule has 1 atom stereocenters. The fourth-order valence-corrected chi connectivity index (χ4v) is 2.61. The van der Waals surface area contributed by atoms with Crippen LogP contribution in [-0.4, -0.2) is 60.8 Å². The van der Waals surface area contributed by atoms with E-state index in [-0.39, 0.29) is 32.1 Å². The predicted octanol–water partition coefficient (Wildman–Crippen LogP) is 2.04. The Morgan fingerprint density at radius 3 is 2.21 bits per heavy atom. The van der Waals surface area contributed by atoms with Gasteiger partial charge in [0.05, 0.1) is 6.54 Å². The highest BCUT2D eigenvalue weighted by molar-refractivity contribution is 5.83. The number of hydrogen-bond donors (Lipinski definition) is 1. The summed E-state index contributed by atoms with van der Waals surface area (Å²) in [4.78, 5) is 15.1. The SMILES string of the molecule is Cc1ccc(C(N)C(=O)N2CCN(CC(F)(F)C(F)F)CC2)cc1. The van der Waals surface area contributed by atoms with Crippen molar-refractivity contribution in [1.82, 2.24) is 9.80 Å². The van der Waals surface area contributed by atoms with Crippen molar-refractivity contribution in [3.63, 3.8) is 0 Å². The molecule has 1 unspecified atom stereocenters. The molecular weight excluding hydrogens is 326 g/mol. The third kappa shape index (κ3) is 4.45. The predicted molar refractivity (Wildman–Crippen MR) is 82.1 cm³/mol. The number of hydrogen-bond acceptors (Lipinski definition) is 3. The average molecular weight is 347 g/mol. The first-order valence-electron chi connectivity index (χ1n) is 7.70. The molecule has 0 aliphatic carbocycles. The zero-order valence-electron chi connectivity index (χ0n) is 13.4. The Bertz CT molecular complexity index is 557. The van der Waals surface area contributed by atoms with Crippen LogP contribution in [0.5, 0.6) is 0 Å². The van der Waals surface area contributed by atoms with E-state index in [4.69, 9.17) is 5.73 Å². The Labute approximate surface area is 138 Å². The van der Waals surface area contributed by atoms with Gasteiger partial charge in [-0.3, -0.25) is 9.69 Å². The second kappa shape index (κ2) is 7.48. The van der Waals surface area contributed by atoms with Crippen molar-refractivity contribution in [1.29, 1.82) is 0 Å². The Morgan fingerprint density at radius 2 is 1.71 bits per heavy atom. The lowest BCUT2D eigenvalue weighted by Gasteiger charge is -2.37. The van der Waals surface area contributed by atoms with E-state index in [0.29, 0.717) is 5.56 Å². The van der Waals surface area contributed by atoms with E-state index < -0.39 is 24.9 Å². The summed E-state index contributed by atoms with van der Waals surface area (Å²) in [6.07, 6.45) is -3.69. The summed E-state index contributed by atoms with van der Waals surface area (Å²) in [5.41, 5.74) is 7.70. The topological polar surface area (TPSA) is 49.6 Å². The average Bonchev–Trinajstić information content (AvgIpc) is 2.54. The summed E-state index contributed by atoms with van der Waals surface area (Å²) < 4.78 is 50.6. The molecule has 1 aromatic carbocycles. The molecule has 1 aromatic rings. The number of alkyl halides is 4. The Hall–Kier alpha value is -1.67. The lowest BCUT2D eigenvalue weighted by Crippen LogP contribution is -2.54. The molecular formula is C16H21F4N3O. The minimum absolute atomic E-state index is 0.120. The summed E-state index contributed by atoms with van der Waals surface area (Å²) in [5, 5.41) is 0. The standard InChI is InChI=1S/C16H21F4N3O/c1-11-2-4-12(5-3-11)13(21)14(24)23-8-6-22(7-9-23)10-16(19,20)15(17)18/h2-5,13,15H,6-10,21H2,1H3. The Balaban J connectivity index is 1.89. The quantitative estimate of drug-likeness (QED) is 0.830. The van der Waals surface area contributed by atoms with Crippen LogP contribution in [0.1, 0.15) is 17.2 Å². The van der Waals surface area contributed by atoms with Gasteiger partial charge in [-0.2, -0.15) is 8.78 Å². The summed E-state index contributed by atoms with van der Waals surface area (Å²) in [7, 11) is 0. The minimum atomic E-state index is -4.04. The van der Waals surface area contributed by atoms with E-state index in [1.165, 1.54) is 9.80 Å². The van der Waals surface area contributed by atoms with E-state index in [2.05, 4.69) is 0 Å². The highest BCUT2D eigenvalue weighted by atomic mass is 19.3. The molecule has 1 amide bonds. The van der Waals surface area contributed by atoms with Crippen LogP contribution in [0.3, 0.4) is 0 Å². The van der Waals surface area contributed by atoms with Crippen LogP contribution >= 0.6 is 0 Å². The molecule has 1 fully saturated rings. The normalized spacial score (nSPS) is 18.0. The number of piperazine rings is 1. The van der Waals surface area contributed by atoms with Gasteiger partial charge in [0.2, 0.25) is 5.91 Å². The number of aryl methyl sites for hydroxylation is 1. The first kappa shape index (κ1) is 18.7. The maximum Gasteiger partial charge on any atom is 0.319 e. The van der Waals surface area contributed by atoms with Gasteiger partial charge in [-0.1, -0.05) is 29.8 Å². The number of benzene rings is 1. The molecule has 8 heteroatoms. The first-order chi connectivity index (χ1) is 11.2. The number of nitrogens with zero attached hydrogens (tertiary/aromatic N) is 2. The van der Waals surface area contributed by atoms with Crippen LogP contribution < -0.4 is 5.73 Å². The van der Waals surface area contributed by atoms with E-state index in [1.807, 2.05) is 19.1 Å². The van der Waals surface area contributed by atoms with Crippen molar-refractivity contribution in [3.05, 3.63) is 35.4 Å². The second-order valence-corrected chi connectivity index (χ2v) is 6.05. The molecule has 24 heavy (non-hydrogen) atoms. The van der Waals surface area contributed by atoms with Crippen LogP contribution in [-0.2, 0) is 4.79 Å². The van der Waals surface area contributed by atoms with Crippen molar-refractivity contribution in [3.8, 4) is 0 Å². The number of nitrogens with two attached hydrogens (primary N) is 1. The molecule has 0 bridgehead atoms. The van der Waals surface area contributed by atoms with Crippen LogP contribution in [0.4, 0.5) is 17.6 Å². The van der Waals surface area contributed by atoms with Gasteiger partial charge in [-0.05, 0) is 12.5 Å². The molecule has 1 heterocycles. The molecule has 1 aliphatic rings. The van der Waals surface area contributed by atoms with Crippen molar-refractivity contribution in [2.45, 2.75) is 25.3 Å². The third-order valence-corrected chi connectivity index (χ3v) is 4.14. The fraction of sp³-hybridized carbons (Fsp3) is 0.562. The fourth-order valence-electron chi connectivity index (χ4n) is 2.61. The lowest BCUT2D eigenvalue weighted by atomic mass is 10.0. The minimum Gasteiger partial charge on any atom is -0.338 e. The van der Waals surface area contributed by atoms with Crippen molar-refractivity contribution >= 4 is 5.91 Å². The molecule has 2 N–H and O–H groups in total. The maximum atomic E-state index is 13.1. The van der Waals surface area contributed by atoms with Gasteiger partial charge in [0, 0.05) is 26.2 Å². The van der Waals surface area contributed by atoms with Gasteiger partial charge < -0.3 is 10.6 Å². The van der Waals surface area contributed by atoms with Gasteiger partial charge in [0.15, 0.2) is 0 Å². The number of amides is 1. The monoisotopic (exact) mass is 347 g/mol. The second-order valence-electron chi connectivity index (χ2n) is 6.05. The molecule has 4 nitrogen and oxygen atoms in total. The molecule has 2 rings (SSSR count). The number of carbonyl (C=O) groups is 1. The van der Waals surface area contributed by atoms with Crippen LogP contribution in [0.25, 0.3) is 0 Å². The highest BCUT2D eigenvalue weighted by Gasteiger charge is 2.42. The smallest absolute Gasteiger partial charge is 0.319 e. The number of carbonyl (C=O) groups excluding carboxylic acids is 1. The van der Waals surface area contributed by atoms with E-state index in [0.717, 1.165) is 5.56 Å². The number of halogens is 4. The van der Waals surface area contributed by atoms with Gasteiger partial charge in [0.1, 0.15) is 6.04 Å². The molecule has 1 saturated heterocycles. The molecule has 0 aromatic heterocycles.